The molecule has 14 nitrogen and oxygen atoms in total. The third kappa shape index (κ3) is 9.53. The lowest BCUT2D eigenvalue weighted by molar-refractivity contribution is -0.142. The lowest BCUT2D eigenvalue weighted by atomic mass is 10.1. The Hall–Kier alpha value is -3.07. The first-order valence-corrected chi connectivity index (χ1v) is 10.5. The van der Waals surface area contributed by atoms with Gasteiger partial charge in [0.15, 0.2) is 0 Å². The molecule has 11 N–H and O–H groups in total. The number of aliphatic hydroxyl groups excluding tert-OH is 2. The second kappa shape index (κ2) is 14.2. The number of carboxylic acid groups (broad SMARTS) is 1. The molecule has 0 spiro atoms. The predicted octanol–water partition coefficient (Wildman–Crippen LogP) is -3.68. The number of hydrogen-bond donors (Lipinski definition) is 9. The van der Waals surface area contributed by atoms with Crippen LogP contribution in [0.15, 0.2) is 12.5 Å². The van der Waals surface area contributed by atoms with Crippen LogP contribution in [0, 0.1) is 0 Å². The number of nitrogens with zero attached hydrogens (tertiary/aromatic N) is 1. The molecule has 0 aromatic carbocycles. The number of unbranched alkanes of at least 4 members (excludes halogenated alkanes) is 1. The molecule has 14 heteroatoms. The zero-order valence-corrected chi connectivity index (χ0v) is 18.4. The van der Waals surface area contributed by atoms with Crippen LogP contribution in [0.1, 0.15) is 31.9 Å². The van der Waals surface area contributed by atoms with E-state index in [0.29, 0.717) is 25.1 Å². The van der Waals surface area contributed by atoms with Crippen LogP contribution in [0.25, 0.3) is 0 Å². The van der Waals surface area contributed by atoms with Gasteiger partial charge in [-0.3, -0.25) is 14.4 Å². The van der Waals surface area contributed by atoms with Crippen molar-refractivity contribution in [3.8, 4) is 0 Å². The van der Waals surface area contributed by atoms with E-state index >= 15 is 0 Å². The molecule has 5 atom stereocenters. The first kappa shape index (κ1) is 28.0. The topological polar surface area (TPSA) is 246 Å². The van der Waals surface area contributed by atoms with Gasteiger partial charge in [0.2, 0.25) is 17.7 Å². The molecule has 3 amide bonds. The van der Waals surface area contributed by atoms with Gasteiger partial charge in [-0.25, -0.2) is 9.78 Å². The third-order valence-electron chi connectivity index (χ3n) is 4.81. The maximum Gasteiger partial charge on any atom is 0.326 e. The van der Waals surface area contributed by atoms with Crippen molar-refractivity contribution in [3.63, 3.8) is 0 Å². The summed E-state index contributed by atoms with van der Waals surface area (Å²) in [5.41, 5.74) is 11.5. The molecule has 1 heterocycles. The highest BCUT2D eigenvalue weighted by atomic mass is 16.4. The molecule has 0 bridgehead atoms. The van der Waals surface area contributed by atoms with Crippen molar-refractivity contribution in [1.82, 2.24) is 25.9 Å². The normalized spacial score (nSPS) is 15.5. The van der Waals surface area contributed by atoms with Gasteiger partial charge in [-0.15, -0.1) is 0 Å². The van der Waals surface area contributed by atoms with Crippen molar-refractivity contribution in [2.45, 2.75) is 62.9 Å². The molecule has 0 aliphatic heterocycles. The number of H-pyrrole nitrogens is 1. The van der Waals surface area contributed by atoms with Crippen LogP contribution < -0.4 is 27.4 Å². The zero-order valence-electron chi connectivity index (χ0n) is 18.4. The van der Waals surface area contributed by atoms with Crippen molar-refractivity contribution >= 4 is 23.7 Å². The minimum absolute atomic E-state index is 0.0584. The number of hydrogen-bond acceptors (Lipinski definition) is 9. The van der Waals surface area contributed by atoms with Gasteiger partial charge in [-0.05, 0) is 32.7 Å². The van der Waals surface area contributed by atoms with E-state index in [4.69, 9.17) is 11.5 Å². The molecule has 0 aliphatic rings. The second-order valence-electron chi connectivity index (χ2n) is 7.54. The smallest absolute Gasteiger partial charge is 0.326 e. The van der Waals surface area contributed by atoms with Gasteiger partial charge in [0, 0.05) is 18.3 Å². The number of imidazole rings is 1. The molecule has 33 heavy (non-hydrogen) atoms. The Bertz CT molecular complexity index is 773. The molecule has 0 fully saturated rings. The number of rotatable bonds is 15. The van der Waals surface area contributed by atoms with E-state index in [2.05, 4.69) is 25.9 Å². The summed E-state index contributed by atoms with van der Waals surface area (Å²) in [6.07, 6.45) is 2.70. The number of aliphatic carboxylic acids is 1. The molecule has 0 saturated heterocycles. The van der Waals surface area contributed by atoms with Gasteiger partial charge in [-0.2, -0.15) is 0 Å². The van der Waals surface area contributed by atoms with E-state index in [-0.39, 0.29) is 12.8 Å². The average Bonchev–Trinajstić information content (AvgIpc) is 3.28. The molecular formula is C19H33N7O7. The minimum atomic E-state index is -1.44. The van der Waals surface area contributed by atoms with E-state index in [1.54, 1.807) is 0 Å². The van der Waals surface area contributed by atoms with E-state index < -0.39 is 60.6 Å². The summed E-state index contributed by atoms with van der Waals surface area (Å²) in [5, 5.41) is 35.4. The number of carboxylic acids is 1. The lowest BCUT2D eigenvalue weighted by Gasteiger charge is -2.24. The molecule has 186 valence electrons. The summed E-state index contributed by atoms with van der Waals surface area (Å²) in [6.45, 7) is 0.851. The van der Waals surface area contributed by atoms with Crippen LogP contribution in [0.3, 0.4) is 0 Å². The summed E-state index contributed by atoms with van der Waals surface area (Å²) < 4.78 is 0. The maximum atomic E-state index is 12.8. The Kier molecular flexibility index (Phi) is 12.0. The largest absolute Gasteiger partial charge is 0.480 e. The van der Waals surface area contributed by atoms with Crippen LogP contribution in [0.2, 0.25) is 0 Å². The molecule has 1 rings (SSSR count). The molecule has 0 aliphatic carbocycles. The molecule has 0 radical (unpaired) electrons. The highest BCUT2D eigenvalue weighted by molar-refractivity contribution is 5.94. The molecule has 5 unspecified atom stereocenters. The fourth-order valence-corrected chi connectivity index (χ4v) is 2.80. The molecular weight excluding hydrogens is 438 g/mol. The van der Waals surface area contributed by atoms with Crippen molar-refractivity contribution in [1.29, 1.82) is 0 Å². The Morgan fingerprint density at radius 3 is 2.18 bits per heavy atom. The van der Waals surface area contributed by atoms with Gasteiger partial charge in [0.25, 0.3) is 0 Å². The highest BCUT2D eigenvalue weighted by Gasteiger charge is 2.30. The number of aromatic nitrogens is 2. The number of amides is 3. The van der Waals surface area contributed by atoms with Gasteiger partial charge in [0.05, 0.1) is 19.0 Å². The first-order valence-electron chi connectivity index (χ1n) is 10.5. The second-order valence-corrected chi connectivity index (χ2v) is 7.54. The number of carbonyl (C=O) groups is 4. The zero-order chi connectivity index (χ0) is 25.0. The van der Waals surface area contributed by atoms with Gasteiger partial charge >= 0.3 is 5.97 Å². The summed E-state index contributed by atoms with van der Waals surface area (Å²) >= 11 is 0. The van der Waals surface area contributed by atoms with Gasteiger partial charge in [-0.1, -0.05) is 0 Å². The van der Waals surface area contributed by atoms with E-state index in [1.165, 1.54) is 19.4 Å². The van der Waals surface area contributed by atoms with E-state index in [1.807, 2.05) is 0 Å². The summed E-state index contributed by atoms with van der Waals surface area (Å²) in [6, 6.07) is -5.20. The van der Waals surface area contributed by atoms with Crippen LogP contribution in [0.5, 0.6) is 0 Å². The standard InChI is InChI=1S/C19H33N7O7/c1-10(28)15(21)18(31)26-14(8-27)17(30)24-12(4-2-3-5-20)16(29)25-13(19(32)33)6-11-7-22-9-23-11/h7,9-10,12-15,27-28H,2-6,8,20-21H2,1H3,(H,22,23)(H,24,30)(H,25,29)(H,26,31)(H,32,33). The van der Waals surface area contributed by atoms with E-state index in [0.717, 1.165) is 0 Å². The van der Waals surface area contributed by atoms with E-state index in [9.17, 15) is 34.5 Å². The quantitative estimate of drug-likeness (QED) is 0.113. The fourth-order valence-electron chi connectivity index (χ4n) is 2.80. The van der Waals surface area contributed by atoms with Crippen molar-refractivity contribution in [2.75, 3.05) is 13.2 Å². The molecule has 1 aromatic rings. The van der Waals surface area contributed by atoms with Gasteiger partial charge < -0.3 is 47.7 Å². The number of aliphatic hydroxyl groups is 2. The van der Waals surface area contributed by atoms with Crippen molar-refractivity contribution < 1.29 is 34.5 Å². The van der Waals surface area contributed by atoms with Crippen molar-refractivity contribution in [3.05, 3.63) is 18.2 Å². The predicted molar refractivity (Wildman–Crippen MR) is 115 cm³/mol. The van der Waals surface area contributed by atoms with Crippen LogP contribution in [-0.4, -0.2) is 92.4 Å². The lowest BCUT2D eigenvalue weighted by Crippen LogP contribution is -2.59. The summed E-state index contributed by atoms with van der Waals surface area (Å²) in [4.78, 5) is 55.6. The Labute approximate surface area is 190 Å². The summed E-state index contributed by atoms with van der Waals surface area (Å²) in [5.74, 6) is -3.78. The third-order valence-corrected chi connectivity index (χ3v) is 4.81. The van der Waals surface area contributed by atoms with Crippen LogP contribution >= 0.6 is 0 Å². The Balaban J connectivity index is 2.88. The monoisotopic (exact) mass is 471 g/mol. The minimum Gasteiger partial charge on any atom is -0.480 e. The fraction of sp³-hybridized carbons (Fsp3) is 0.632. The number of carbonyl (C=O) groups excluding carboxylic acids is 3. The number of nitrogens with two attached hydrogens (primary N) is 2. The Morgan fingerprint density at radius 1 is 1.06 bits per heavy atom. The summed E-state index contributed by atoms with van der Waals surface area (Å²) in [7, 11) is 0. The Morgan fingerprint density at radius 2 is 1.67 bits per heavy atom. The first-order chi connectivity index (χ1) is 15.6. The van der Waals surface area contributed by atoms with Crippen molar-refractivity contribution in [2.24, 2.45) is 11.5 Å². The van der Waals surface area contributed by atoms with Gasteiger partial charge in [0.1, 0.15) is 24.2 Å². The number of nitrogens with one attached hydrogen (secondary N) is 4. The van der Waals surface area contributed by atoms with Crippen LogP contribution in [-0.2, 0) is 25.6 Å². The maximum absolute atomic E-state index is 12.8. The van der Waals surface area contributed by atoms with Crippen LogP contribution in [0.4, 0.5) is 0 Å². The number of aromatic amines is 1. The highest BCUT2D eigenvalue weighted by Crippen LogP contribution is 2.05. The molecule has 0 saturated carbocycles. The molecule has 1 aromatic heterocycles. The average molecular weight is 472 g/mol. The SMILES string of the molecule is CC(O)C(N)C(=O)NC(CO)C(=O)NC(CCCCN)C(=O)NC(Cc1cnc[nH]1)C(=O)O.